The predicted octanol–water partition coefficient (Wildman–Crippen LogP) is 1.30. The van der Waals surface area contributed by atoms with Gasteiger partial charge in [0.1, 0.15) is 0 Å². The first-order valence-corrected chi connectivity index (χ1v) is 8.70. The molecule has 0 unspecified atom stereocenters. The number of anilines is 2. The normalized spacial score (nSPS) is 16.5. The molecule has 1 heterocycles. The number of urea groups is 1. The molecule has 1 aromatic carbocycles. The Balaban J connectivity index is 2.05. The van der Waals surface area contributed by atoms with Crippen molar-refractivity contribution in [3.63, 3.8) is 0 Å². The molecule has 2 amide bonds. The Labute approximate surface area is 130 Å². The minimum atomic E-state index is -3.19. The summed E-state index contributed by atoms with van der Waals surface area (Å²) in [5, 5.41) is 5.36. The molecule has 8 heteroatoms. The highest BCUT2D eigenvalue weighted by Crippen LogP contribution is 2.29. The summed E-state index contributed by atoms with van der Waals surface area (Å²) in [5.41, 5.74) is 2.09. The standard InChI is InChI=1S/C14H21N3O4S/c1-11-10-12(16-14(18)15-6-8-21-2)4-5-13(11)17-7-3-9-22(17,19)20/h4-5,10H,3,6-9H2,1-2H3,(H2,15,16,18). The fourth-order valence-corrected chi connectivity index (χ4v) is 3.99. The van der Waals surface area contributed by atoms with Gasteiger partial charge in [-0.3, -0.25) is 4.31 Å². The smallest absolute Gasteiger partial charge is 0.319 e. The lowest BCUT2D eigenvalue weighted by atomic mass is 10.1. The molecule has 0 aliphatic carbocycles. The molecule has 0 radical (unpaired) electrons. The Kier molecular flexibility index (Phi) is 5.25. The van der Waals surface area contributed by atoms with Crippen LogP contribution in [0.3, 0.4) is 0 Å². The van der Waals surface area contributed by atoms with E-state index in [1.807, 2.05) is 6.92 Å². The minimum Gasteiger partial charge on any atom is -0.383 e. The van der Waals surface area contributed by atoms with Crippen LogP contribution in [-0.2, 0) is 14.8 Å². The van der Waals surface area contributed by atoms with Gasteiger partial charge in [0.25, 0.3) is 0 Å². The Morgan fingerprint density at radius 1 is 1.41 bits per heavy atom. The molecule has 7 nitrogen and oxygen atoms in total. The van der Waals surface area contributed by atoms with Crippen molar-refractivity contribution in [2.75, 3.05) is 42.2 Å². The zero-order valence-electron chi connectivity index (χ0n) is 12.8. The van der Waals surface area contributed by atoms with E-state index in [9.17, 15) is 13.2 Å². The topological polar surface area (TPSA) is 87.7 Å². The van der Waals surface area contributed by atoms with Crippen LogP contribution in [0.1, 0.15) is 12.0 Å². The van der Waals surface area contributed by atoms with Gasteiger partial charge in [0.2, 0.25) is 10.0 Å². The molecule has 1 saturated heterocycles. The lowest BCUT2D eigenvalue weighted by Crippen LogP contribution is -2.31. The van der Waals surface area contributed by atoms with Crippen LogP contribution in [-0.4, -0.2) is 47.0 Å². The molecular formula is C14H21N3O4S. The van der Waals surface area contributed by atoms with Gasteiger partial charge in [-0.2, -0.15) is 0 Å². The van der Waals surface area contributed by atoms with Gasteiger partial charge < -0.3 is 15.4 Å². The molecule has 22 heavy (non-hydrogen) atoms. The molecule has 122 valence electrons. The van der Waals surface area contributed by atoms with E-state index in [1.54, 1.807) is 25.3 Å². The van der Waals surface area contributed by atoms with Crippen LogP contribution in [0.2, 0.25) is 0 Å². The maximum atomic E-state index is 12.0. The summed E-state index contributed by atoms with van der Waals surface area (Å²) in [6.45, 7) is 3.20. The van der Waals surface area contributed by atoms with Gasteiger partial charge in [-0.05, 0) is 37.1 Å². The second-order valence-corrected chi connectivity index (χ2v) is 7.13. The first-order valence-electron chi connectivity index (χ1n) is 7.09. The van der Waals surface area contributed by atoms with E-state index < -0.39 is 10.0 Å². The Morgan fingerprint density at radius 2 is 2.18 bits per heavy atom. The summed E-state index contributed by atoms with van der Waals surface area (Å²) in [5.74, 6) is 0.189. The van der Waals surface area contributed by atoms with E-state index in [0.717, 1.165) is 5.56 Å². The SMILES string of the molecule is COCCNC(=O)Nc1ccc(N2CCCS2(=O)=O)c(C)c1. The molecule has 0 aromatic heterocycles. The molecule has 1 aromatic rings. The summed E-state index contributed by atoms with van der Waals surface area (Å²) >= 11 is 0. The minimum absolute atomic E-state index is 0.189. The molecule has 1 fully saturated rings. The number of ether oxygens (including phenoxy) is 1. The van der Waals surface area contributed by atoms with Crippen LogP contribution in [0.4, 0.5) is 16.2 Å². The second-order valence-electron chi connectivity index (χ2n) is 5.12. The zero-order chi connectivity index (χ0) is 16.2. The van der Waals surface area contributed by atoms with Gasteiger partial charge in [0, 0.05) is 25.9 Å². The number of carbonyl (C=O) groups is 1. The molecule has 0 spiro atoms. The number of aryl methyl sites for hydroxylation is 1. The number of carbonyl (C=O) groups excluding carboxylic acids is 1. The summed E-state index contributed by atoms with van der Waals surface area (Å²) in [6, 6.07) is 4.87. The third-order valence-electron chi connectivity index (χ3n) is 3.41. The van der Waals surface area contributed by atoms with Crippen LogP contribution in [0.15, 0.2) is 18.2 Å². The maximum Gasteiger partial charge on any atom is 0.319 e. The highest BCUT2D eigenvalue weighted by atomic mass is 32.2. The molecule has 0 bridgehead atoms. The molecule has 0 atom stereocenters. The summed E-state index contributed by atoms with van der Waals surface area (Å²) in [7, 11) is -1.63. The third-order valence-corrected chi connectivity index (χ3v) is 5.27. The molecular weight excluding hydrogens is 306 g/mol. The average Bonchev–Trinajstić information content (AvgIpc) is 2.79. The van der Waals surface area contributed by atoms with Crippen molar-refractivity contribution in [3.8, 4) is 0 Å². The number of methoxy groups -OCH3 is 1. The Morgan fingerprint density at radius 3 is 2.77 bits per heavy atom. The van der Waals surface area contributed by atoms with Crippen LogP contribution in [0.5, 0.6) is 0 Å². The quantitative estimate of drug-likeness (QED) is 0.798. The van der Waals surface area contributed by atoms with Crippen LogP contribution in [0.25, 0.3) is 0 Å². The fraction of sp³-hybridized carbons (Fsp3) is 0.500. The Hall–Kier alpha value is -1.80. The number of nitrogens with zero attached hydrogens (tertiary/aromatic N) is 1. The van der Waals surface area contributed by atoms with E-state index in [1.165, 1.54) is 4.31 Å². The van der Waals surface area contributed by atoms with Crippen molar-refractivity contribution >= 4 is 27.4 Å². The van der Waals surface area contributed by atoms with Gasteiger partial charge in [-0.15, -0.1) is 0 Å². The van der Waals surface area contributed by atoms with Crippen molar-refractivity contribution in [1.29, 1.82) is 0 Å². The van der Waals surface area contributed by atoms with Crippen molar-refractivity contribution in [2.24, 2.45) is 0 Å². The number of sulfonamides is 1. The van der Waals surface area contributed by atoms with Crippen LogP contribution >= 0.6 is 0 Å². The number of benzene rings is 1. The van der Waals surface area contributed by atoms with Crippen LogP contribution in [0, 0.1) is 6.92 Å². The molecule has 0 saturated carbocycles. The van der Waals surface area contributed by atoms with Gasteiger partial charge in [0.05, 0.1) is 18.0 Å². The van der Waals surface area contributed by atoms with E-state index in [0.29, 0.717) is 37.5 Å². The second kappa shape index (κ2) is 6.97. The monoisotopic (exact) mass is 327 g/mol. The molecule has 2 rings (SSSR count). The number of nitrogens with one attached hydrogen (secondary N) is 2. The molecule has 1 aliphatic rings. The Bertz CT molecular complexity index is 645. The first kappa shape index (κ1) is 16.6. The number of amides is 2. The number of hydrogen-bond donors (Lipinski definition) is 2. The van der Waals surface area contributed by atoms with Crippen molar-refractivity contribution < 1.29 is 17.9 Å². The zero-order valence-corrected chi connectivity index (χ0v) is 13.6. The third kappa shape index (κ3) is 3.89. The highest BCUT2D eigenvalue weighted by molar-refractivity contribution is 7.93. The number of rotatable bonds is 5. The van der Waals surface area contributed by atoms with E-state index in [2.05, 4.69) is 10.6 Å². The van der Waals surface area contributed by atoms with Gasteiger partial charge in [-0.1, -0.05) is 0 Å². The van der Waals surface area contributed by atoms with Crippen molar-refractivity contribution in [2.45, 2.75) is 13.3 Å². The van der Waals surface area contributed by atoms with Gasteiger partial charge >= 0.3 is 6.03 Å². The summed E-state index contributed by atoms with van der Waals surface area (Å²) < 4.78 is 30.2. The predicted molar refractivity (Wildman–Crippen MR) is 85.8 cm³/mol. The highest BCUT2D eigenvalue weighted by Gasteiger charge is 2.29. The number of hydrogen-bond acceptors (Lipinski definition) is 4. The fourth-order valence-electron chi connectivity index (χ4n) is 2.37. The van der Waals surface area contributed by atoms with Gasteiger partial charge in [-0.25, -0.2) is 13.2 Å². The first-order chi connectivity index (χ1) is 10.4. The maximum absolute atomic E-state index is 12.0. The average molecular weight is 327 g/mol. The van der Waals surface area contributed by atoms with E-state index in [-0.39, 0.29) is 11.8 Å². The van der Waals surface area contributed by atoms with Crippen molar-refractivity contribution in [1.82, 2.24) is 5.32 Å². The summed E-state index contributed by atoms with van der Waals surface area (Å²) in [6.07, 6.45) is 0.643. The van der Waals surface area contributed by atoms with Gasteiger partial charge in [0.15, 0.2) is 0 Å². The molecule has 2 N–H and O–H groups in total. The lowest BCUT2D eigenvalue weighted by Gasteiger charge is -2.20. The largest absolute Gasteiger partial charge is 0.383 e. The molecule has 1 aliphatic heterocycles. The van der Waals surface area contributed by atoms with E-state index in [4.69, 9.17) is 4.74 Å². The van der Waals surface area contributed by atoms with Crippen LogP contribution < -0.4 is 14.9 Å². The lowest BCUT2D eigenvalue weighted by molar-refractivity contribution is 0.198. The van der Waals surface area contributed by atoms with Crippen molar-refractivity contribution in [3.05, 3.63) is 23.8 Å². The summed E-state index contributed by atoms with van der Waals surface area (Å²) in [4.78, 5) is 11.7. The van der Waals surface area contributed by atoms with E-state index >= 15 is 0 Å².